The zero-order valence-electron chi connectivity index (χ0n) is 16.8. The van der Waals surface area contributed by atoms with Crippen LogP contribution in [-0.2, 0) is 21.4 Å². The van der Waals surface area contributed by atoms with Gasteiger partial charge in [0.2, 0.25) is 10.0 Å². The van der Waals surface area contributed by atoms with Crippen LogP contribution in [0.15, 0.2) is 47.4 Å². The molecule has 0 radical (unpaired) electrons. The van der Waals surface area contributed by atoms with E-state index < -0.39 is 21.7 Å². The van der Waals surface area contributed by atoms with Gasteiger partial charge in [0.05, 0.1) is 17.6 Å². The van der Waals surface area contributed by atoms with Crippen LogP contribution in [0.5, 0.6) is 0 Å². The Morgan fingerprint density at radius 3 is 2.20 bits per heavy atom. The first-order valence-electron chi connectivity index (χ1n) is 9.63. The summed E-state index contributed by atoms with van der Waals surface area (Å²) in [6, 6.07) is 9.62. The number of sulfonamides is 1. The zero-order valence-corrected chi connectivity index (χ0v) is 17.7. The van der Waals surface area contributed by atoms with Crippen molar-refractivity contribution >= 4 is 15.9 Å². The summed E-state index contributed by atoms with van der Waals surface area (Å²) in [5, 5.41) is 0. The third-order valence-corrected chi connectivity index (χ3v) is 6.73. The smallest absolute Gasteiger partial charge is 0.253 e. The monoisotopic (exact) mass is 438 g/mol. The molecular formula is C21H24F2N2O4S. The van der Waals surface area contributed by atoms with Crippen molar-refractivity contribution in [1.82, 2.24) is 9.21 Å². The summed E-state index contributed by atoms with van der Waals surface area (Å²) in [6.07, 6.45) is 0.116. The molecule has 0 aromatic heterocycles. The highest BCUT2D eigenvalue weighted by Crippen LogP contribution is 2.20. The number of halogens is 2. The number of rotatable bonds is 6. The van der Waals surface area contributed by atoms with E-state index in [-0.39, 0.29) is 43.1 Å². The number of ether oxygens (including phenoxy) is 1. The van der Waals surface area contributed by atoms with Crippen molar-refractivity contribution in [3.63, 3.8) is 0 Å². The second-order valence-electron chi connectivity index (χ2n) is 7.33. The van der Waals surface area contributed by atoms with Gasteiger partial charge in [-0.3, -0.25) is 4.79 Å². The van der Waals surface area contributed by atoms with Crippen LogP contribution in [0.25, 0.3) is 0 Å². The average Bonchev–Trinajstić information content (AvgIpc) is 2.74. The Balaban J connectivity index is 1.62. The second kappa shape index (κ2) is 9.20. The van der Waals surface area contributed by atoms with Crippen LogP contribution in [-0.4, -0.2) is 55.8 Å². The molecule has 2 aromatic rings. The summed E-state index contributed by atoms with van der Waals surface area (Å²) in [6.45, 7) is 4.93. The van der Waals surface area contributed by atoms with Gasteiger partial charge in [0.1, 0.15) is 0 Å². The second-order valence-corrected chi connectivity index (χ2v) is 9.27. The third-order valence-electron chi connectivity index (χ3n) is 4.84. The molecule has 1 fully saturated rings. The number of benzene rings is 2. The van der Waals surface area contributed by atoms with E-state index in [4.69, 9.17) is 4.74 Å². The van der Waals surface area contributed by atoms with Gasteiger partial charge >= 0.3 is 0 Å². The average molecular weight is 438 g/mol. The fourth-order valence-corrected chi connectivity index (χ4v) is 4.54. The van der Waals surface area contributed by atoms with Crippen LogP contribution in [0.1, 0.15) is 29.8 Å². The molecule has 0 aliphatic carbocycles. The first kappa shape index (κ1) is 22.3. The summed E-state index contributed by atoms with van der Waals surface area (Å²) >= 11 is 0. The van der Waals surface area contributed by atoms with Gasteiger partial charge in [0.15, 0.2) is 11.6 Å². The molecule has 30 heavy (non-hydrogen) atoms. The van der Waals surface area contributed by atoms with Crippen LogP contribution in [0.4, 0.5) is 8.78 Å². The van der Waals surface area contributed by atoms with Gasteiger partial charge in [-0.15, -0.1) is 0 Å². The standard InChI is InChI=1S/C21H24F2N2O4S/c1-15(2)29-14-16-3-5-17(6-4-16)21(26)24-9-11-25(12-10-24)30(27,28)18-7-8-19(22)20(23)13-18/h3-8,13,15H,9-12,14H2,1-2H3. The van der Waals surface area contributed by atoms with E-state index in [1.54, 1.807) is 17.0 Å². The predicted octanol–water partition coefficient (Wildman–Crippen LogP) is 3.04. The lowest BCUT2D eigenvalue weighted by molar-refractivity contribution is 0.0654. The molecular weight excluding hydrogens is 414 g/mol. The Bertz CT molecular complexity index is 1000. The Kier molecular flexibility index (Phi) is 6.84. The molecule has 162 valence electrons. The first-order chi connectivity index (χ1) is 14.2. The maximum atomic E-state index is 13.4. The lowest BCUT2D eigenvalue weighted by Crippen LogP contribution is -2.50. The fraction of sp³-hybridized carbons (Fsp3) is 0.381. The SMILES string of the molecule is CC(C)OCc1ccc(C(=O)N2CCN(S(=O)(=O)c3ccc(F)c(F)c3)CC2)cc1. The maximum Gasteiger partial charge on any atom is 0.253 e. The molecule has 6 nitrogen and oxygen atoms in total. The molecule has 3 rings (SSSR count). The number of carbonyl (C=O) groups is 1. The topological polar surface area (TPSA) is 66.9 Å². The number of hydrogen-bond acceptors (Lipinski definition) is 4. The molecule has 0 saturated carbocycles. The van der Waals surface area contributed by atoms with Crippen LogP contribution in [0, 0.1) is 11.6 Å². The fourth-order valence-electron chi connectivity index (χ4n) is 3.11. The molecule has 0 N–H and O–H groups in total. The van der Waals surface area contributed by atoms with Gasteiger partial charge in [0.25, 0.3) is 5.91 Å². The van der Waals surface area contributed by atoms with E-state index in [1.807, 2.05) is 26.0 Å². The summed E-state index contributed by atoms with van der Waals surface area (Å²) in [5.74, 6) is -2.51. The van der Waals surface area contributed by atoms with Crippen LogP contribution in [0.2, 0.25) is 0 Å². The molecule has 1 heterocycles. The summed E-state index contributed by atoms with van der Waals surface area (Å²) in [7, 11) is -3.96. The van der Waals surface area contributed by atoms with E-state index in [1.165, 1.54) is 4.31 Å². The summed E-state index contributed by atoms with van der Waals surface area (Å²) in [5.41, 5.74) is 1.47. The first-order valence-corrected chi connectivity index (χ1v) is 11.1. The lowest BCUT2D eigenvalue weighted by Gasteiger charge is -2.34. The van der Waals surface area contributed by atoms with E-state index in [0.717, 1.165) is 17.7 Å². The molecule has 1 amide bonds. The number of amides is 1. The molecule has 2 aromatic carbocycles. The predicted molar refractivity (Wildman–Crippen MR) is 107 cm³/mol. The minimum absolute atomic E-state index is 0.0768. The van der Waals surface area contributed by atoms with Gasteiger partial charge in [-0.05, 0) is 49.7 Å². The highest BCUT2D eigenvalue weighted by Gasteiger charge is 2.31. The van der Waals surface area contributed by atoms with Crippen LogP contribution < -0.4 is 0 Å². The highest BCUT2D eigenvalue weighted by atomic mass is 32.2. The van der Waals surface area contributed by atoms with Crippen molar-refractivity contribution in [1.29, 1.82) is 0 Å². The summed E-state index contributed by atoms with van der Waals surface area (Å²) in [4.78, 5) is 14.0. The molecule has 1 saturated heterocycles. The molecule has 0 unspecified atom stereocenters. The van der Waals surface area contributed by atoms with E-state index in [2.05, 4.69) is 0 Å². The summed E-state index contributed by atoms with van der Waals surface area (Å²) < 4.78 is 58.6. The van der Waals surface area contributed by atoms with Crippen molar-refractivity contribution in [3.05, 3.63) is 65.2 Å². The van der Waals surface area contributed by atoms with Crippen LogP contribution in [0.3, 0.4) is 0 Å². The Hall–Kier alpha value is -2.36. The molecule has 0 atom stereocenters. The maximum absolute atomic E-state index is 13.4. The van der Waals surface area contributed by atoms with Gasteiger partial charge in [-0.25, -0.2) is 17.2 Å². The molecule has 0 spiro atoms. The third kappa shape index (κ3) is 5.03. The lowest BCUT2D eigenvalue weighted by atomic mass is 10.1. The minimum Gasteiger partial charge on any atom is -0.374 e. The van der Waals surface area contributed by atoms with Crippen molar-refractivity contribution in [3.8, 4) is 0 Å². The molecule has 1 aliphatic rings. The number of hydrogen-bond donors (Lipinski definition) is 0. The normalized spacial score (nSPS) is 15.6. The van der Waals surface area contributed by atoms with Crippen LogP contribution >= 0.6 is 0 Å². The zero-order chi connectivity index (χ0) is 21.9. The van der Waals surface area contributed by atoms with Crippen molar-refractivity contribution < 1.29 is 26.7 Å². The van der Waals surface area contributed by atoms with Gasteiger partial charge in [-0.2, -0.15) is 4.31 Å². The van der Waals surface area contributed by atoms with E-state index in [0.29, 0.717) is 18.2 Å². The molecule has 0 bridgehead atoms. The van der Waals surface area contributed by atoms with Crippen molar-refractivity contribution in [2.24, 2.45) is 0 Å². The van der Waals surface area contributed by atoms with Gasteiger partial charge < -0.3 is 9.64 Å². The quantitative estimate of drug-likeness (QED) is 0.695. The van der Waals surface area contributed by atoms with Gasteiger partial charge in [0, 0.05) is 31.7 Å². The van der Waals surface area contributed by atoms with E-state index in [9.17, 15) is 22.0 Å². The van der Waals surface area contributed by atoms with Gasteiger partial charge in [-0.1, -0.05) is 12.1 Å². The Labute approximate surface area is 175 Å². The Morgan fingerprint density at radius 2 is 1.63 bits per heavy atom. The number of piperazine rings is 1. The minimum atomic E-state index is -3.96. The van der Waals surface area contributed by atoms with E-state index >= 15 is 0 Å². The van der Waals surface area contributed by atoms with Crippen molar-refractivity contribution in [2.75, 3.05) is 26.2 Å². The van der Waals surface area contributed by atoms with Crippen molar-refractivity contribution in [2.45, 2.75) is 31.5 Å². The largest absolute Gasteiger partial charge is 0.374 e. The number of carbonyl (C=O) groups excluding carboxylic acids is 1. The Morgan fingerprint density at radius 1 is 1.00 bits per heavy atom. The molecule has 1 aliphatic heterocycles. The molecule has 9 heteroatoms. The highest BCUT2D eigenvalue weighted by molar-refractivity contribution is 7.89. The number of nitrogens with zero attached hydrogens (tertiary/aromatic N) is 2.